The van der Waals surface area contributed by atoms with Crippen LogP contribution >= 0.6 is 11.6 Å². The molecule has 0 radical (unpaired) electrons. The van der Waals surface area contributed by atoms with Gasteiger partial charge in [0.15, 0.2) is 0 Å². The number of carbonyl (C=O) groups is 1. The number of ether oxygens (including phenoxy) is 1. The van der Waals surface area contributed by atoms with E-state index < -0.39 is 32.6 Å². The molecule has 26 heavy (non-hydrogen) atoms. The molecule has 1 N–H and O–H groups in total. The Morgan fingerprint density at radius 2 is 1.77 bits per heavy atom. The van der Waals surface area contributed by atoms with Crippen LogP contribution in [-0.2, 0) is 27.5 Å². The van der Waals surface area contributed by atoms with Crippen LogP contribution in [0.25, 0.3) is 0 Å². The summed E-state index contributed by atoms with van der Waals surface area (Å²) in [5.41, 5.74) is -0.640. The van der Waals surface area contributed by atoms with E-state index in [1.807, 2.05) is 0 Å². The van der Waals surface area contributed by atoms with Crippen LogP contribution < -0.4 is 4.72 Å². The van der Waals surface area contributed by atoms with Crippen LogP contribution in [0.3, 0.4) is 0 Å². The van der Waals surface area contributed by atoms with Crippen LogP contribution in [0.5, 0.6) is 0 Å². The predicted molar refractivity (Wildman–Crippen MR) is 88.3 cm³/mol. The second kappa shape index (κ2) is 7.65. The molecule has 0 saturated carbocycles. The Labute approximate surface area is 152 Å². The number of carbonyl (C=O) groups excluding carboxylic acids is 1. The molecule has 2 aromatic carbocycles. The molecule has 0 spiro atoms. The van der Waals surface area contributed by atoms with E-state index in [9.17, 15) is 26.4 Å². The standard InChI is InChI=1S/C16H13ClF3NO4S/c1-25-15(22)11-4-2-10(3-5-11)9-21-26(23,24)14-7-6-12(17)8-13(14)16(18,19)20/h2-8,21H,9H2,1H3. The molecule has 0 heterocycles. The van der Waals surface area contributed by atoms with Crippen LogP contribution in [0.4, 0.5) is 13.2 Å². The molecular formula is C16H13ClF3NO4S. The van der Waals surface area contributed by atoms with Gasteiger partial charge in [0.2, 0.25) is 10.0 Å². The molecule has 0 unspecified atom stereocenters. The highest BCUT2D eigenvalue weighted by Crippen LogP contribution is 2.35. The third kappa shape index (κ3) is 4.75. The number of nitrogens with one attached hydrogen (secondary N) is 1. The Kier molecular flexibility index (Phi) is 5.94. The maximum absolute atomic E-state index is 13.1. The normalized spacial score (nSPS) is 12.0. The van der Waals surface area contributed by atoms with Gasteiger partial charge in [0, 0.05) is 11.6 Å². The Morgan fingerprint density at radius 3 is 2.31 bits per heavy atom. The predicted octanol–water partition coefficient (Wildman–Crippen LogP) is 3.62. The van der Waals surface area contributed by atoms with E-state index in [2.05, 4.69) is 9.46 Å². The summed E-state index contributed by atoms with van der Waals surface area (Å²) >= 11 is 5.55. The largest absolute Gasteiger partial charge is 0.465 e. The second-order valence-corrected chi connectivity index (χ2v) is 7.32. The maximum Gasteiger partial charge on any atom is 0.417 e. The number of esters is 1. The summed E-state index contributed by atoms with van der Waals surface area (Å²) in [5, 5.41) is -0.227. The number of hydrogen-bond acceptors (Lipinski definition) is 4. The molecule has 0 bridgehead atoms. The molecule has 0 aromatic heterocycles. The van der Waals surface area contributed by atoms with E-state index >= 15 is 0 Å². The zero-order valence-electron chi connectivity index (χ0n) is 13.3. The van der Waals surface area contributed by atoms with E-state index in [0.29, 0.717) is 11.6 Å². The van der Waals surface area contributed by atoms with E-state index in [-0.39, 0.29) is 17.1 Å². The average molecular weight is 408 g/mol. The van der Waals surface area contributed by atoms with E-state index in [4.69, 9.17) is 11.6 Å². The molecule has 2 aromatic rings. The van der Waals surface area contributed by atoms with Gasteiger partial charge < -0.3 is 4.74 Å². The smallest absolute Gasteiger partial charge is 0.417 e. The van der Waals surface area contributed by atoms with Gasteiger partial charge in [0.05, 0.1) is 23.1 Å². The van der Waals surface area contributed by atoms with Crippen molar-refractivity contribution in [1.29, 1.82) is 0 Å². The SMILES string of the molecule is COC(=O)c1ccc(CNS(=O)(=O)c2ccc(Cl)cc2C(F)(F)F)cc1. The summed E-state index contributed by atoms with van der Waals surface area (Å²) in [4.78, 5) is 10.4. The van der Waals surface area contributed by atoms with Crippen molar-refractivity contribution in [3.05, 3.63) is 64.2 Å². The molecule has 5 nitrogen and oxygen atoms in total. The molecule has 0 atom stereocenters. The fourth-order valence-corrected chi connectivity index (χ4v) is 3.49. The number of sulfonamides is 1. The number of rotatable bonds is 5. The highest BCUT2D eigenvalue weighted by atomic mass is 35.5. The summed E-state index contributed by atoms with van der Waals surface area (Å²) < 4.78 is 70.4. The molecule has 0 fully saturated rings. The van der Waals surface area contributed by atoms with E-state index in [0.717, 1.165) is 12.1 Å². The highest BCUT2D eigenvalue weighted by molar-refractivity contribution is 7.89. The third-order valence-electron chi connectivity index (χ3n) is 3.38. The molecule has 10 heteroatoms. The quantitative estimate of drug-likeness (QED) is 0.768. The first-order chi connectivity index (χ1) is 12.0. The number of methoxy groups -OCH3 is 1. The van der Waals surface area contributed by atoms with Crippen molar-refractivity contribution in [3.63, 3.8) is 0 Å². The van der Waals surface area contributed by atoms with Gasteiger partial charge >= 0.3 is 12.1 Å². The lowest BCUT2D eigenvalue weighted by Gasteiger charge is -2.14. The molecule has 0 aliphatic carbocycles. The van der Waals surface area contributed by atoms with Gasteiger partial charge in [-0.2, -0.15) is 13.2 Å². The van der Waals surface area contributed by atoms with Crippen molar-refractivity contribution in [2.75, 3.05) is 7.11 Å². The molecule has 0 aliphatic rings. The summed E-state index contributed by atoms with van der Waals surface area (Å²) in [7, 11) is -3.22. The van der Waals surface area contributed by atoms with Crippen molar-refractivity contribution < 1.29 is 31.1 Å². The lowest BCUT2D eigenvalue weighted by molar-refractivity contribution is -0.139. The lowest BCUT2D eigenvalue weighted by Crippen LogP contribution is -2.26. The van der Waals surface area contributed by atoms with Gasteiger partial charge in [0.1, 0.15) is 0 Å². The molecule has 0 saturated heterocycles. The Morgan fingerprint density at radius 1 is 1.15 bits per heavy atom. The van der Waals surface area contributed by atoms with Gasteiger partial charge in [0.25, 0.3) is 0 Å². The first-order valence-electron chi connectivity index (χ1n) is 7.08. The number of benzene rings is 2. The molecule has 2 rings (SSSR count). The zero-order chi connectivity index (χ0) is 19.5. The molecular weight excluding hydrogens is 395 g/mol. The first kappa shape index (κ1) is 20.2. The fraction of sp³-hybridized carbons (Fsp3) is 0.188. The molecule has 140 valence electrons. The minimum atomic E-state index is -4.88. The van der Waals surface area contributed by atoms with Crippen molar-refractivity contribution in [2.45, 2.75) is 17.6 Å². The van der Waals surface area contributed by atoms with Crippen molar-refractivity contribution >= 4 is 27.6 Å². The number of halogens is 4. The molecule has 0 amide bonds. The summed E-state index contributed by atoms with van der Waals surface area (Å²) in [6.45, 7) is -0.260. The minimum absolute atomic E-state index is 0.227. The van der Waals surface area contributed by atoms with Gasteiger partial charge in [-0.1, -0.05) is 23.7 Å². The van der Waals surface area contributed by atoms with Gasteiger partial charge in [-0.3, -0.25) is 0 Å². The van der Waals surface area contributed by atoms with E-state index in [1.165, 1.54) is 31.4 Å². The van der Waals surface area contributed by atoms with Crippen LogP contribution in [0.2, 0.25) is 5.02 Å². The monoisotopic (exact) mass is 407 g/mol. The van der Waals surface area contributed by atoms with Gasteiger partial charge in [-0.15, -0.1) is 0 Å². The zero-order valence-corrected chi connectivity index (χ0v) is 14.9. The third-order valence-corrected chi connectivity index (χ3v) is 5.07. The van der Waals surface area contributed by atoms with Gasteiger partial charge in [-0.05, 0) is 35.9 Å². The summed E-state index contributed by atoms with van der Waals surface area (Å²) in [6, 6.07) is 8.17. The topological polar surface area (TPSA) is 72.5 Å². The minimum Gasteiger partial charge on any atom is -0.465 e. The first-order valence-corrected chi connectivity index (χ1v) is 8.94. The van der Waals surface area contributed by atoms with Crippen molar-refractivity contribution in [1.82, 2.24) is 4.72 Å². The lowest BCUT2D eigenvalue weighted by atomic mass is 10.1. The maximum atomic E-state index is 13.1. The average Bonchev–Trinajstić information content (AvgIpc) is 2.59. The van der Waals surface area contributed by atoms with E-state index in [1.54, 1.807) is 0 Å². The Balaban J connectivity index is 2.23. The Hall–Kier alpha value is -2.10. The molecule has 0 aliphatic heterocycles. The van der Waals surface area contributed by atoms with Gasteiger partial charge in [-0.25, -0.2) is 17.9 Å². The van der Waals surface area contributed by atoms with Crippen molar-refractivity contribution in [3.8, 4) is 0 Å². The van der Waals surface area contributed by atoms with Crippen molar-refractivity contribution in [2.24, 2.45) is 0 Å². The Bertz CT molecular complexity index is 912. The summed E-state index contributed by atoms with van der Waals surface area (Å²) in [5.74, 6) is -0.562. The van der Waals surface area contributed by atoms with Crippen LogP contribution in [-0.4, -0.2) is 21.5 Å². The van der Waals surface area contributed by atoms with Crippen LogP contribution in [0, 0.1) is 0 Å². The van der Waals surface area contributed by atoms with Crippen LogP contribution in [0.15, 0.2) is 47.4 Å². The number of alkyl halides is 3. The number of hydrogen-bond donors (Lipinski definition) is 1. The summed E-state index contributed by atoms with van der Waals surface area (Å²) in [6.07, 6.45) is -4.88. The second-order valence-electron chi connectivity index (χ2n) is 5.15. The fourth-order valence-electron chi connectivity index (χ4n) is 2.09. The highest BCUT2D eigenvalue weighted by Gasteiger charge is 2.37. The van der Waals surface area contributed by atoms with Crippen LogP contribution in [0.1, 0.15) is 21.5 Å².